The number of aromatic nitrogens is 6. The van der Waals surface area contributed by atoms with Gasteiger partial charge in [-0.05, 0) is 64.8 Å². The van der Waals surface area contributed by atoms with Crippen LogP contribution in [-0.2, 0) is 9.59 Å². The lowest BCUT2D eigenvalue weighted by molar-refractivity contribution is -0.130. The van der Waals surface area contributed by atoms with Gasteiger partial charge < -0.3 is 41.0 Å². The zero-order valence-corrected chi connectivity index (χ0v) is 33.2. The number of H-pyrrole nitrogens is 2. The molecule has 4 aliphatic rings. The maximum Gasteiger partial charge on any atom is 0.256 e. The molecular weight excluding hydrogens is 757 g/mol. The average Bonchev–Trinajstić information content (AvgIpc) is 3.81. The summed E-state index contributed by atoms with van der Waals surface area (Å²) in [4.78, 5) is 51.8. The van der Waals surface area contributed by atoms with Crippen molar-refractivity contribution in [2.75, 3.05) is 50.9 Å². The topological polar surface area (TPSA) is 172 Å². The van der Waals surface area contributed by atoms with E-state index in [2.05, 4.69) is 51.2 Å². The summed E-state index contributed by atoms with van der Waals surface area (Å²) in [6.45, 7) is 6.43. The SMILES string of the molecule is CNC/C=C/C(=O)N1C[C@H](Nc2ncnc3[nH]cc([C@@H]4CC4(F)F)c23)CC[C@@H]1C.CNC/C=C/C(=O)N1C[C@H](Nc2ncnc3[nH]cc([C@H]4CC4(F)F)c23)CC[C@@H]1C. The molecule has 18 heteroatoms. The van der Waals surface area contributed by atoms with Gasteiger partial charge in [-0.2, -0.15) is 0 Å². The average molecular weight is 809 g/mol. The summed E-state index contributed by atoms with van der Waals surface area (Å²) in [6, 6.07) is 0.290. The first-order chi connectivity index (χ1) is 27.8. The normalized spacial score (nSPS) is 26.2. The lowest BCUT2D eigenvalue weighted by atomic mass is 9.99. The maximum absolute atomic E-state index is 13.7. The molecule has 0 spiro atoms. The molecule has 2 saturated heterocycles. The summed E-state index contributed by atoms with van der Waals surface area (Å²) in [5.41, 5.74) is 2.21. The Morgan fingerprint density at radius 3 is 1.47 bits per heavy atom. The number of carbonyl (C=O) groups excluding carboxylic acids is 2. The molecule has 8 rings (SSSR count). The lowest BCUT2D eigenvalue weighted by Crippen LogP contribution is -2.49. The number of carbonyl (C=O) groups is 2. The van der Waals surface area contributed by atoms with Crippen LogP contribution in [0.1, 0.15) is 75.3 Å². The van der Waals surface area contributed by atoms with Gasteiger partial charge in [-0.25, -0.2) is 37.5 Å². The van der Waals surface area contributed by atoms with Crippen molar-refractivity contribution >= 4 is 45.5 Å². The van der Waals surface area contributed by atoms with Crippen molar-refractivity contribution in [2.45, 2.75) is 100 Å². The van der Waals surface area contributed by atoms with Gasteiger partial charge in [0.1, 0.15) is 35.6 Å². The van der Waals surface area contributed by atoms with Gasteiger partial charge in [0.2, 0.25) is 11.8 Å². The molecule has 6 heterocycles. The van der Waals surface area contributed by atoms with E-state index in [1.807, 2.05) is 49.9 Å². The second-order valence-electron chi connectivity index (χ2n) is 15.9. The summed E-state index contributed by atoms with van der Waals surface area (Å²) >= 11 is 0. The number of aromatic amines is 2. The number of hydrogen-bond acceptors (Lipinski definition) is 10. The van der Waals surface area contributed by atoms with Gasteiger partial charge >= 0.3 is 0 Å². The third-order valence-corrected chi connectivity index (χ3v) is 11.6. The number of nitrogens with zero attached hydrogens (tertiary/aromatic N) is 6. The molecule has 6 N–H and O–H groups in total. The van der Waals surface area contributed by atoms with E-state index in [9.17, 15) is 27.2 Å². The van der Waals surface area contributed by atoms with Crippen LogP contribution in [0.5, 0.6) is 0 Å². The van der Waals surface area contributed by atoms with Gasteiger partial charge in [0, 0.05) is 87.7 Å². The largest absolute Gasteiger partial charge is 0.365 e. The number of alkyl halides is 4. The van der Waals surface area contributed by atoms with Gasteiger partial charge in [-0.1, -0.05) is 12.2 Å². The minimum absolute atomic E-state index is 0.00610. The number of likely N-dealkylation sites (tertiary alicyclic amines) is 2. The molecule has 4 fully saturated rings. The number of likely N-dealkylation sites (N-methyl/N-ethyl adjacent to an activating group) is 2. The molecule has 0 bridgehead atoms. The number of amides is 2. The molecule has 14 nitrogen and oxygen atoms in total. The second kappa shape index (κ2) is 17.0. The zero-order chi connectivity index (χ0) is 41.2. The van der Waals surface area contributed by atoms with Crippen LogP contribution in [0.15, 0.2) is 49.4 Å². The highest BCUT2D eigenvalue weighted by Gasteiger charge is 2.59. The van der Waals surface area contributed by atoms with E-state index in [4.69, 9.17) is 0 Å². The van der Waals surface area contributed by atoms with Crippen molar-refractivity contribution in [3.8, 4) is 0 Å². The Hall–Kier alpha value is -5.10. The monoisotopic (exact) mass is 808 g/mol. The lowest BCUT2D eigenvalue weighted by Gasteiger charge is -2.38. The van der Waals surface area contributed by atoms with Gasteiger partial charge in [-0.15, -0.1) is 0 Å². The molecule has 4 aromatic heterocycles. The first-order valence-electron chi connectivity index (χ1n) is 20.0. The van der Waals surface area contributed by atoms with E-state index in [1.54, 1.807) is 24.5 Å². The van der Waals surface area contributed by atoms with Crippen molar-refractivity contribution in [3.63, 3.8) is 0 Å². The molecule has 2 amide bonds. The highest BCUT2D eigenvalue weighted by Crippen LogP contribution is 2.58. The molecule has 0 radical (unpaired) electrons. The van der Waals surface area contributed by atoms with E-state index < -0.39 is 23.7 Å². The van der Waals surface area contributed by atoms with Gasteiger partial charge in [0.25, 0.3) is 11.8 Å². The van der Waals surface area contributed by atoms with Gasteiger partial charge in [0.05, 0.1) is 22.6 Å². The van der Waals surface area contributed by atoms with E-state index in [-0.39, 0.29) is 48.8 Å². The Morgan fingerprint density at radius 1 is 0.707 bits per heavy atom. The summed E-state index contributed by atoms with van der Waals surface area (Å²) in [5, 5.41) is 14.0. The molecule has 312 valence electrons. The number of anilines is 2. The fraction of sp³-hybridized carbons (Fsp3) is 0.550. The van der Waals surface area contributed by atoms with E-state index in [1.165, 1.54) is 12.7 Å². The number of rotatable bonds is 12. The Kier molecular flexibility index (Phi) is 12.0. The van der Waals surface area contributed by atoms with Gasteiger partial charge in [-0.3, -0.25) is 9.59 Å². The number of piperidine rings is 2. The second-order valence-corrected chi connectivity index (χ2v) is 15.9. The highest BCUT2D eigenvalue weighted by atomic mass is 19.3. The summed E-state index contributed by atoms with van der Waals surface area (Å²) in [7, 11) is 3.65. The minimum atomic E-state index is -2.66. The van der Waals surface area contributed by atoms with Crippen molar-refractivity contribution < 1.29 is 27.2 Å². The van der Waals surface area contributed by atoms with Crippen molar-refractivity contribution in [1.82, 2.24) is 50.3 Å². The summed E-state index contributed by atoms with van der Waals surface area (Å²) in [6.07, 6.45) is 16.0. The smallest absolute Gasteiger partial charge is 0.256 e. The predicted octanol–water partition coefficient (Wildman–Crippen LogP) is 5.30. The number of nitrogens with one attached hydrogen (secondary N) is 6. The van der Waals surface area contributed by atoms with Gasteiger partial charge in [0.15, 0.2) is 0 Å². The number of fused-ring (bicyclic) bond motifs is 2. The maximum atomic E-state index is 13.7. The van der Waals surface area contributed by atoms with Crippen LogP contribution in [0.2, 0.25) is 0 Å². The molecule has 2 aliphatic heterocycles. The zero-order valence-electron chi connectivity index (χ0n) is 33.2. The fourth-order valence-electron chi connectivity index (χ4n) is 8.04. The van der Waals surface area contributed by atoms with Crippen molar-refractivity contribution in [3.05, 3.63) is 60.5 Å². The summed E-state index contributed by atoms with van der Waals surface area (Å²) < 4.78 is 54.6. The van der Waals surface area contributed by atoms with Crippen LogP contribution in [0.4, 0.5) is 29.2 Å². The third-order valence-electron chi connectivity index (χ3n) is 11.6. The molecule has 0 aromatic carbocycles. The Morgan fingerprint density at radius 2 is 1.10 bits per heavy atom. The first-order valence-corrected chi connectivity index (χ1v) is 20.0. The van der Waals surface area contributed by atoms with Crippen LogP contribution in [0.3, 0.4) is 0 Å². The minimum Gasteiger partial charge on any atom is -0.365 e. The Labute approximate surface area is 334 Å². The van der Waals surface area contributed by atoms with Crippen molar-refractivity contribution in [2.24, 2.45) is 0 Å². The highest BCUT2D eigenvalue weighted by molar-refractivity contribution is 5.93. The molecule has 2 saturated carbocycles. The molecule has 2 aliphatic carbocycles. The third kappa shape index (κ3) is 8.97. The van der Waals surface area contributed by atoms with Crippen LogP contribution in [0.25, 0.3) is 22.1 Å². The van der Waals surface area contributed by atoms with E-state index in [0.717, 1.165) is 25.7 Å². The Bertz CT molecular complexity index is 2000. The van der Waals surface area contributed by atoms with E-state index in [0.29, 0.717) is 71.0 Å². The van der Waals surface area contributed by atoms with E-state index >= 15 is 0 Å². The van der Waals surface area contributed by atoms with Crippen molar-refractivity contribution in [1.29, 1.82) is 0 Å². The van der Waals surface area contributed by atoms with Crippen LogP contribution >= 0.6 is 0 Å². The summed E-state index contributed by atoms with van der Waals surface area (Å²) in [5.74, 6) is -5.84. The molecule has 58 heavy (non-hydrogen) atoms. The number of halogens is 4. The number of hydrogen-bond donors (Lipinski definition) is 6. The quantitative estimate of drug-likeness (QED) is 0.0816. The Balaban J connectivity index is 0.000000177. The standard InChI is InChI=1S/2C20H26F2N6O/c2*1-12-5-6-13(10-28(12)16(29)4-3-7-23-2)27-19-17-14(15-8-20(15,21)22)9-24-18(17)25-11-26-19/h2*3-4,9,11-13,15,23H,5-8,10H2,1-2H3,(H2,24,25,26,27)/b2*4-3+/t12-,13+,15+;12-,13+,15-/m00/s1. The van der Waals surface area contributed by atoms with Crippen LogP contribution in [-0.4, -0.2) is 128 Å². The molecular formula is C40H52F4N12O2. The molecule has 4 aromatic rings. The van der Waals surface area contributed by atoms with Crippen LogP contribution in [0, 0.1) is 0 Å². The molecule has 0 unspecified atom stereocenters. The fourth-order valence-corrected chi connectivity index (χ4v) is 8.04. The first kappa shape index (κ1) is 41.1. The predicted molar refractivity (Wildman–Crippen MR) is 214 cm³/mol. The molecule has 6 atom stereocenters. The van der Waals surface area contributed by atoms with Crippen LogP contribution < -0.4 is 21.3 Å².